The van der Waals surface area contributed by atoms with Crippen molar-refractivity contribution in [2.75, 3.05) is 6.54 Å². The predicted molar refractivity (Wildman–Crippen MR) is 82.3 cm³/mol. The van der Waals surface area contributed by atoms with Crippen LogP contribution in [0.5, 0.6) is 0 Å². The van der Waals surface area contributed by atoms with Crippen LogP contribution in [0.1, 0.15) is 92.4 Å². The zero-order chi connectivity index (χ0) is 14.6. The first-order chi connectivity index (χ1) is 8.77. The van der Waals surface area contributed by atoms with Crippen LogP contribution in [-0.4, -0.2) is 27.5 Å². The molecule has 0 bridgehead atoms. The summed E-state index contributed by atoms with van der Waals surface area (Å²) < 4.78 is 0.272. The van der Waals surface area contributed by atoms with Crippen LogP contribution in [0.25, 0.3) is 0 Å². The van der Waals surface area contributed by atoms with Crippen molar-refractivity contribution in [3.8, 4) is 0 Å². The quantitative estimate of drug-likeness (QED) is 0.492. The molecule has 1 aliphatic rings. The highest BCUT2D eigenvalue weighted by Crippen LogP contribution is 2.44. The van der Waals surface area contributed by atoms with E-state index in [0.29, 0.717) is 0 Å². The largest absolute Gasteiger partial charge is 0.216 e. The summed E-state index contributed by atoms with van der Waals surface area (Å²) in [4.78, 5) is 0. The van der Waals surface area contributed by atoms with E-state index < -0.39 is 0 Å². The number of likely N-dealkylation sites (tertiary alicyclic amines) is 1. The highest BCUT2D eigenvalue weighted by Gasteiger charge is 2.56. The van der Waals surface area contributed by atoms with Crippen molar-refractivity contribution < 1.29 is 9.85 Å². The molecule has 0 atom stereocenters. The molecule has 1 N–H and O–H groups in total. The van der Waals surface area contributed by atoms with Gasteiger partial charge in [-0.25, -0.2) is 5.21 Å². The topological polar surface area (TPSA) is 20.2 Å². The maximum Gasteiger partial charge on any atom is 0.124 e. The molecular weight excluding hydrogens is 234 g/mol. The molecule has 2 nitrogen and oxygen atoms in total. The smallest absolute Gasteiger partial charge is 0.124 e. The molecule has 0 aromatic carbocycles. The highest BCUT2D eigenvalue weighted by molar-refractivity contribution is 4.83. The normalized spacial score (nSPS) is 24.3. The summed E-state index contributed by atoms with van der Waals surface area (Å²) in [7, 11) is 0. The average molecular weight is 270 g/mol. The SMILES string of the molecule is CCCCCCCC[N+]1(O)C(C)(C)CCCC1(C)C. The van der Waals surface area contributed by atoms with Crippen molar-refractivity contribution in [2.24, 2.45) is 0 Å². The lowest BCUT2D eigenvalue weighted by Gasteiger charge is -2.56. The number of nitrogens with zero attached hydrogens (tertiary/aromatic N) is 1. The zero-order valence-electron chi connectivity index (χ0n) is 14.0. The van der Waals surface area contributed by atoms with Crippen LogP contribution in [-0.2, 0) is 0 Å². The minimum absolute atomic E-state index is 0.00513. The van der Waals surface area contributed by atoms with Crippen LogP contribution < -0.4 is 0 Å². The molecule has 1 rings (SSSR count). The predicted octanol–water partition coefficient (Wildman–Crippen LogP) is 5.29. The zero-order valence-corrected chi connectivity index (χ0v) is 14.0. The molecule has 0 amide bonds. The van der Waals surface area contributed by atoms with E-state index in [1.807, 2.05) is 0 Å². The summed E-state index contributed by atoms with van der Waals surface area (Å²) in [5.74, 6) is 0. The van der Waals surface area contributed by atoms with Gasteiger partial charge in [-0.05, 0) is 47.0 Å². The molecule has 0 radical (unpaired) electrons. The van der Waals surface area contributed by atoms with Crippen molar-refractivity contribution in [1.29, 1.82) is 0 Å². The Hall–Kier alpha value is -0.0800. The molecule has 19 heavy (non-hydrogen) atoms. The van der Waals surface area contributed by atoms with Crippen LogP contribution in [0.3, 0.4) is 0 Å². The fourth-order valence-electron chi connectivity index (χ4n) is 3.87. The van der Waals surface area contributed by atoms with Crippen molar-refractivity contribution in [3.05, 3.63) is 0 Å². The maximum atomic E-state index is 11.3. The number of unbranched alkanes of at least 4 members (excludes halogenated alkanes) is 5. The molecule has 1 aliphatic heterocycles. The number of rotatable bonds is 7. The van der Waals surface area contributed by atoms with Gasteiger partial charge < -0.3 is 0 Å². The Balaban J connectivity index is 2.51. The Morgan fingerprint density at radius 3 is 1.84 bits per heavy atom. The van der Waals surface area contributed by atoms with Gasteiger partial charge in [0, 0.05) is 12.8 Å². The number of hydrogen-bond donors (Lipinski definition) is 1. The van der Waals surface area contributed by atoms with E-state index in [4.69, 9.17) is 0 Å². The molecule has 1 saturated heterocycles. The molecule has 114 valence electrons. The lowest BCUT2D eigenvalue weighted by atomic mass is 9.78. The standard InChI is InChI=1S/C17H36NO/c1-6-7-8-9-10-11-15-18(19)16(2,3)13-12-14-17(18,4)5/h19H,6-15H2,1-5H3/q+1. The molecule has 0 aromatic heterocycles. The number of piperidine rings is 1. The number of quaternary nitrogens is 1. The molecule has 0 saturated carbocycles. The first kappa shape index (κ1) is 17.0. The van der Waals surface area contributed by atoms with Gasteiger partial charge in [0.25, 0.3) is 0 Å². The summed E-state index contributed by atoms with van der Waals surface area (Å²) >= 11 is 0. The second-order valence-corrected chi connectivity index (χ2v) is 7.74. The van der Waals surface area contributed by atoms with E-state index in [2.05, 4.69) is 34.6 Å². The Bertz CT molecular complexity index is 254. The van der Waals surface area contributed by atoms with E-state index >= 15 is 0 Å². The van der Waals surface area contributed by atoms with Crippen LogP contribution in [0.4, 0.5) is 0 Å². The third-order valence-electron chi connectivity index (χ3n) is 5.42. The molecular formula is C17H36NO+. The van der Waals surface area contributed by atoms with Crippen LogP contribution in [0, 0.1) is 0 Å². The Labute approximate surface area is 120 Å². The summed E-state index contributed by atoms with van der Waals surface area (Å²) in [6.45, 7) is 12.1. The summed E-state index contributed by atoms with van der Waals surface area (Å²) in [5, 5.41) is 11.3. The van der Waals surface area contributed by atoms with Gasteiger partial charge in [-0.15, -0.1) is 0 Å². The van der Waals surface area contributed by atoms with Crippen LogP contribution in [0.15, 0.2) is 0 Å². The molecule has 0 spiro atoms. The Kier molecular flexibility index (Phi) is 5.88. The van der Waals surface area contributed by atoms with Gasteiger partial charge in [-0.2, -0.15) is 4.65 Å². The summed E-state index contributed by atoms with van der Waals surface area (Å²) in [6, 6.07) is 0. The van der Waals surface area contributed by atoms with E-state index in [0.717, 1.165) is 25.8 Å². The molecule has 0 aromatic rings. The van der Waals surface area contributed by atoms with Crippen molar-refractivity contribution in [3.63, 3.8) is 0 Å². The van der Waals surface area contributed by atoms with Crippen LogP contribution >= 0.6 is 0 Å². The number of hydroxylamine groups is 3. The highest BCUT2D eigenvalue weighted by atomic mass is 16.6. The second-order valence-electron chi connectivity index (χ2n) is 7.74. The number of hydrogen-bond acceptors (Lipinski definition) is 1. The van der Waals surface area contributed by atoms with Crippen LogP contribution in [0.2, 0.25) is 0 Å². The lowest BCUT2D eigenvalue weighted by molar-refractivity contribution is -1.17. The maximum absolute atomic E-state index is 11.3. The lowest BCUT2D eigenvalue weighted by Crippen LogP contribution is -2.71. The van der Waals surface area contributed by atoms with Gasteiger partial charge in [0.15, 0.2) is 0 Å². The molecule has 1 heterocycles. The first-order valence-electron chi connectivity index (χ1n) is 8.38. The Morgan fingerprint density at radius 1 is 0.842 bits per heavy atom. The van der Waals surface area contributed by atoms with Gasteiger partial charge >= 0.3 is 0 Å². The van der Waals surface area contributed by atoms with Gasteiger partial charge in [0.05, 0.1) is 0 Å². The van der Waals surface area contributed by atoms with Crippen molar-refractivity contribution in [1.82, 2.24) is 0 Å². The van der Waals surface area contributed by atoms with Crippen molar-refractivity contribution >= 4 is 0 Å². The third kappa shape index (κ3) is 3.72. The molecule has 0 unspecified atom stereocenters. The van der Waals surface area contributed by atoms with Gasteiger partial charge in [0.1, 0.15) is 17.6 Å². The van der Waals surface area contributed by atoms with Gasteiger partial charge in [-0.1, -0.05) is 32.6 Å². The molecule has 2 heteroatoms. The fraction of sp³-hybridized carbons (Fsp3) is 1.00. The first-order valence-corrected chi connectivity index (χ1v) is 8.38. The monoisotopic (exact) mass is 270 g/mol. The molecule has 1 fully saturated rings. The average Bonchev–Trinajstić information content (AvgIpc) is 2.30. The van der Waals surface area contributed by atoms with E-state index in [-0.39, 0.29) is 15.7 Å². The minimum atomic E-state index is 0.00513. The van der Waals surface area contributed by atoms with E-state index in [1.165, 1.54) is 38.5 Å². The second kappa shape index (κ2) is 6.58. The summed E-state index contributed by atoms with van der Waals surface area (Å²) in [6.07, 6.45) is 11.3. The van der Waals surface area contributed by atoms with E-state index in [9.17, 15) is 5.21 Å². The van der Waals surface area contributed by atoms with Gasteiger partial charge in [-0.3, -0.25) is 0 Å². The summed E-state index contributed by atoms with van der Waals surface area (Å²) in [5.41, 5.74) is 0.0103. The van der Waals surface area contributed by atoms with Gasteiger partial charge in [0.2, 0.25) is 0 Å². The minimum Gasteiger partial charge on any atom is -0.216 e. The Morgan fingerprint density at radius 2 is 1.32 bits per heavy atom. The molecule has 0 aliphatic carbocycles. The van der Waals surface area contributed by atoms with E-state index in [1.54, 1.807) is 0 Å². The fourth-order valence-corrected chi connectivity index (χ4v) is 3.87. The third-order valence-corrected chi connectivity index (χ3v) is 5.42. The van der Waals surface area contributed by atoms with Crippen molar-refractivity contribution in [2.45, 2.75) is 103 Å².